The third-order valence-corrected chi connectivity index (χ3v) is 5.69. The third-order valence-electron chi connectivity index (χ3n) is 5.69. The lowest BCUT2D eigenvalue weighted by Crippen LogP contribution is -2.47. The highest BCUT2D eigenvalue weighted by molar-refractivity contribution is 6.20. The molecule has 3 aromatic rings. The molecule has 8 heteroatoms. The van der Waals surface area contributed by atoms with Crippen molar-refractivity contribution in [2.75, 3.05) is 24.4 Å². The van der Waals surface area contributed by atoms with E-state index in [1.54, 1.807) is 25.2 Å². The summed E-state index contributed by atoms with van der Waals surface area (Å²) in [6, 6.07) is 23.7. The van der Waals surface area contributed by atoms with Gasteiger partial charge in [-0.2, -0.15) is 0 Å². The van der Waals surface area contributed by atoms with Gasteiger partial charge < -0.3 is 20.3 Å². The SMILES string of the molecule is COC(=O)CCc1cccc(NC(=O)N[C@@H]2N=C(c3ccccc3)c3ccccc3N(C)C2=O)c1. The molecule has 1 aliphatic heterocycles. The third kappa shape index (κ3) is 5.55. The minimum Gasteiger partial charge on any atom is -0.469 e. The van der Waals surface area contributed by atoms with E-state index in [-0.39, 0.29) is 18.3 Å². The Labute approximate surface area is 203 Å². The number of para-hydroxylation sites is 1. The van der Waals surface area contributed by atoms with E-state index in [0.717, 1.165) is 16.7 Å². The first-order valence-corrected chi connectivity index (χ1v) is 11.2. The molecule has 178 valence electrons. The Morgan fingerprint density at radius 1 is 1.00 bits per heavy atom. The van der Waals surface area contributed by atoms with Gasteiger partial charge in [-0.25, -0.2) is 9.79 Å². The largest absolute Gasteiger partial charge is 0.469 e. The number of urea groups is 1. The molecule has 1 aliphatic rings. The number of carbonyl (C=O) groups excluding carboxylic acids is 3. The van der Waals surface area contributed by atoms with Crippen LogP contribution in [0.25, 0.3) is 0 Å². The molecule has 0 saturated carbocycles. The first kappa shape index (κ1) is 23.7. The lowest BCUT2D eigenvalue weighted by molar-refractivity contribution is -0.140. The molecule has 0 aromatic heterocycles. The summed E-state index contributed by atoms with van der Waals surface area (Å²) < 4.78 is 4.68. The summed E-state index contributed by atoms with van der Waals surface area (Å²) in [6.07, 6.45) is -0.393. The molecule has 4 rings (SSSR count). The lowest BCUT2D eigenvalue weighted by atomic mass is 10.0. The normalized spacial score (nSPS) is 14.9. The van der Waals surface area contributed by atoms with Gasteiger partial charge in [0.05, 0.1) is 18.5 Å². The molecule has 0 fully saturated rings. The molecular weight excluding hydrogens is 444 g/mol. The topological polar surface area (TPSA) is 100 Å². The Hall–Kier alpha value is -4.46. The number of carbonyl (C=O) groups is 3. The number of likely N-dealkylation sites (N-methyl/N-ethyl adjacent to an activating group) is 1. The van der Waals surface area contributed by atoms with E-state index < -0.39 is 12.2 Å². The van der Waals surface area contributed by atoms with E-state index in [2.05, 4.69) is 20.4 Å². The zero-order valence-electron chi connectivity index (χ0n) is 19.5. The highest BCUT2D eigenvalue weighted by Gasteiger charge is 2.30. The van der Waals surface area contributed by atoms with Crippen LogP contribution in [0.4, 0.5) is 16.2 Å². The van der Waals surface area contributed by atoms with Gasteiger partial charge in [-0.05, 0) is 30.2 Å². The van der Waals surface area contributed by atoms with Crippen molar-refractivity contribution in [3.05, 3.63) is 95.6 Å². The molecule has 1 atom stereocenters. The molecule has 35 heavy (non-hydrogen) atoms. The molecule has 8 nitrogen and oxygen atoms in total. The Balaban J connectivity index is 1.56. The van der Waals surface area contributed by atoms with E-state index in [1.807, 2.05) is 60.7 Å². The number of fused-ring (bicyclic) bond motifs is 1. The van der Waals surface area contributed by atoms with Crippen LogP contribution in [0.15, 0.2) is 83.9 Å². The highest BCUT2D eigenvalue weighted by Crippen LogP contribution is 2.27. The molecule has 3 aromatic carbocycles. The summed E-state index contributed by atoms with van der Waals surface area (Å²) in [5.74, 6) is -0.657. The smallest absolute Gasteiger partial charge is 0.321 e. The molecule has 0 saturated heterocycles. The second kappa shape index (κ2) is 10.6. The number of benzodiazepines with no additional fused rings is 1. The van der Waals surface area contributed by atoms with Crippen LogP contribution in [0.1, 0.15) is 23.1 Å². The van der Waals surface area contributed by atoms with E-state index in [4.69, 9.17) is 0 Å². The van der Waals surface area contributed by atoms with Gasteiger partial charge in [-0.1, -0.05) is 60.7 Å². The van der Waals surface area contributed by atoms with Crippen molar-refractivity contribution < 1.29 is 19.1 Å². The van der Waals surface area contributed by atoms with Crippen molar-refractivity contribution >= 4 is 35.0 Å². The van der Waals surface area contributed by atoms with Crippen molar-refractivity contribution in [3.63, 3.8) is 0 Å². The number of hydrogen-bond donors (Lipinski definition) is 2. The number of anilines is 2. The first-order chi connectivity index (χ1) is 17.0. The van der Waals surface area contributed by atoms with Crippen LogP contribution in [-0.4, -0.2) is 43.9 Å². The van der Waals surface area contributed by atoms with Crippen LogP contribution in [0.3, 0.4) is 0 Å². The predicted molar refractivity (Wildman–Crippen MR) is 135 cm³/mol. The minimum atomic E-state index is -1.12. The molecule has 0 spiro atoms. The summed E-state index contributed by atoms with van der Waals surface area (Å²) in [6.45, 7) is 0. The van der Waals surface area contributed by atoms with E-state index in [0.29, 0.717) is 23.5 Å². The molecule has 0 unspecified atom stereocenters. The Morgan fingerprint density at radius 3 is 2.51 bits per heavy atom. The second-order valence-electron chi connectivity index (χ2n) is 8.04. The van der Waals surface area contributed by atoms with Crippen LogP contribution in [0, 0.1) is 0 Å². The number of benzene rings is 3. The van der Waals surface area contributed by atoms with E-state index in [9.17, 15) is 14.4 Å². The van der Waals surface area contributed by atoms with E-state index >= 15 is 0 Å². The maximum Gasteiger partial charge on any atom is 0.321 e. The van der Waals surface area contributed by atoms with Crippen molar-refractivity contribution in [1.82, 2.24) is 5.32 Å². The number of methoxy groups -OCH3 is 1. The number of nitrogens with one attached hydrogen (secondary N) is 2. The van der Waals surface area contributed by atoms with Gasteiger partial charge in [0.15, 0.2) is 0 Å². The molecule has 1 heterocycles. The van der Waals surface area contributed by atoms with Crippen LogP contribution in [0.5, 0.6) is 0 Å². The zero-order chi connectivity index (χ0) is 24.8. The number of nitrogens with zero attached hydrogens (tertiary/aromatic N) is 2. The average Bonchev–Trinajstić information content (AvgIpc) is 2.98. The van der Waals surface area contributed by atoms with Gasteiger partial charge in [0.2, 0.25) is 6.17 Å². The summed E-state index contributed by atoms with van der Waals surface area (Å²) in [4.78, 5) is 43.7. The van der Waals surface area contributed by atoms with Crippen molar-refractivity contribution in [2.24, 2.45) is 4.99 Å². The zero-order valence-corrected chi connectivity index (χ0v) is 19.5. The highest BCUT2D eigenvalue weighted by atomic mass is 16.5. The number of aliphatic imine (C=N–C) groups is 1. The van der Waals surface area contributed by atoms with Gasteiger partial charge in [-0.15, -0.1) is 0 Å². The lowest BCUT2D eigenvalue weighted by Gasteiger charge is -2.21. The first-order valence-electron chi connectivity index (χ1n) is 11.2. The summed E-state index contributed by atoms with van der Waals surface area (Å²) in [5.41, 5.74) is 4.39. The average molecular weight is 471 g/mol. The van der Waals surface area contributed by atoms with Crippen molar-refractivity contribution in [1.29, 1.82) is 0 Å². The monoisotopic (exact) mass is 470 g/mol. The Morgan fingerprint density at radius 2 is 1.74 bits per heavy atom. The van der Waals surface area contributed by atoms with Gasteiger partial charge in [0.25, 0.3) is 5.91 Å². The molecule has 0 radical (unpaired) electrons. The fraction of sp³-hybridized carbons (Fsp3) is 0.185. The number of ether oxygens (including phenoxy) is 1. The fourth-order valence-corrected chi connectivity index (χ4v) is 3.89. The Bertz CT molecular complexity index is 1270. The Kier molecular flexibility index (Phi) is 7.21. The van der Waals surface area contributed by atoms with E-state index in [1.165, 1.54) is 12.0 Å². The van der Waals surface area contributed by atoms with Crippen LogP contribution in [0.2, 0.25) is 0 Å². The van der Waals surface area contributed by atoms with Crippen molar-refractivity contribution in [3.8, 4) is 0 Å². The standard InChI is InChI=1S/C27H26N4O4/c1-31-22-14-7-6-13-21(22)24(19-10-4-3-5-11-19)29-25(26(31)33)30-27(34)28-20-12-8-9-18(17-20)15-16-23(32)35-2/h3-14,17,25H,15-16H2,1-2H3,(H2,28,30,34)/t25-/m0/s1. The minimum absolute atomic E-state index is 0.243. The summed E-state index contributed by atoms with van der Waals surface area (Å²) >= 11 is 0. The number of esters is 1. The second-order valence-corrected chi connectivity index (χ2v) is 8.04. The number of rotatable bonds is 6. The van der Waals surface area contributed by atoms with Gasteiger partial charge in [0, 0.05) is 30.3 Å². The molecule has 3 amide bonds. The van der Waals surface area contributed by atoms with Gasteiger partial charge in [-0.3, -0.25) is 9.59 Å². The summed E-state index contributed by atoms with van der Waals surface area (Å²) in [7, 11) is 3.02. The molecule has 0 bridgehead atoms. The van der Waals surface area contributed by atoms with Gasteiger partial charge in [0.1, 0.15) is 0 Å². The van der Waals surface area contributed by atoms with Crippen LogP contribution in [-0.2, 0) is 20.7 Å². The molecule has 2 N–H and O–H groups in total. The number of aryl methyl sites for hydroxylation is 1. The van der Waals surface area contributed by atoms with Crippen LogP contribution >= 0.6 is 0 Å². The number of hydrogen-bond acceptors (Lipinski definition) is 5. The fourth-order valence-electron chi connectivity index (χ4n) is 3.89. The maximum atomic E-state index is 13.2. The van der Waals surface area contributed by atoms with Crippen LogP contribution < -0.4 is 15.5 Å². The van der Waals surface area contributed by atoms with Crippen molar-refractivity contribution in [2.45, 2.75) is 19.0 Å². The molecular formula is C27H26N4O4. The maximum absolute atomic E-state index is 13.2. The summed E-state index contributed by atoms with van der Waals surface area (Å²) in [5, 5.41) is 5.45. The molecule has 0 aliphatic carbocycles. The van der Waals surface area contributed by atoms with Gasteiger partial charge >= 0.3 is 12.0 Å². The number of amides is 3. The predicted octanol–water partition coefficient (Wildman–Crippen LogP) is 3.75. The quantitative estimate of drug-likeness (QED) is 0.536.